The first kappa shape index (κ1) is 13.7. The predicted octanol–water partition coefficient (Wildman–Crippen LogP) is 4.44. The molecule has 0 radical (unpaired) electrons. The van der Waals surface area contributed by atoms with Crippen LogP contribution < -0.4 is 5.73 Å². The summed E-state index contributed by atoms with van der Waals surface area (Å²) in [7, 11) is 0. The summed E-state index contributed by atoms with van der Waals surface area (Å²) >= 11 is 3.53. The monoisotopic (exact) mass is 333 g/mol. The smallest absolute Gasteiger partial charge is 0.136 e. The van der Waals surface area contributed by atoms with Crippen LogP contribution in [0.4, 0.5) is 5.82 Å². The van der Waals surface area contributed by atoms with E-state index in [0.717, 1.165) is 22.4 Å². The Morgan fingerprint density at radius 1 is 1.20 bits per heavy atom. The zero-order valence-corrected chi connectivity index (χ0v) is 13.3. The highest BCUT2D eigenvalue weighted by molar-refractivity contribution is 9.10. The normalized spacial score (nSPS) is 22.9. The molecule has 20 heavy (non-hydrogen) atoms. The molecule has 0 saturated heterocycles. The Balaban J connectivity index is 1.99. The summed E-state index contributed by atoms with van der Waals surface area (Å²) in [6.07, 6.45) is 4.91. The zero-order valence-electron chi connectivity index (χ0n) is 11.7. The van der Waals surface area contributed by atoms with Crippen LogP contribution in [-0.4, -0.2) is 9.78 Å². The number of halogens is 1. The summed E-state index contributed by atoms with van der Waals surface area (Å²) in [6, 6.07) is 11.1. The van der Waals surface area contributed by atoms with Crippen molar-refractivity contribution in [2.45, 2.75) is 44.6 Å². The third-order valence-electron chi connectivity index (χ3n) is 4.32. The van der Waals surface area contributed by atoms with E-state index in [-0.39, 0.29) is 0 Å². The summed E-state index contributed by atoms with van der Waals surface area (Å²) in [4.78, 5) is 0. The first-order chi connectivity index (χ1) is 9.68. The van der Waals surface area contributed by atoms with E-state index in [0.29, 0.717) is 12.0 Å². The van der Waals surface area contributed by atoms with Crippen LogP contribution >= 0.6 is 15.9 Å². The standard InChI is InChI=1S/C16H20BrN3/c1-11-15(17)16(18)20(19-11)14-10-6-5-9-13(14)12-7-3-2-4-8-12/h2-4,7-8,13-14H,5-6,9-10,18H2,1H3. The average molecular weight is 334 g/mol. The van der Waals surface area contributed by atoms with E-state index in [1.807, 2.05) is 11.6 Å². The van der Waals surface area contributed by atoms with Gasteiger partial charge in [0.1, 0.15) is 5.82 Å². The Labute approximate surface area is 128 Å². The average Bonchev–Trinajstić information content (AvgIpc) is 2.76. The van der Waals surface area contributed by atoms with Crippen LogP contribution in [0, 0.1) is 6.92 Å². The molecule has 1 heterocycles. The van der Waals surface area contributed by atoms with Crippen molar-refractivity contribution in [2.75, 3.05) is 5.73 Å². The molecule has 1 aliphatic rings. The van der Waals surface area contributed by atoms with Crippen LogP contribution in [0.15, 0.2) is 34.8 Å². The molecular weight excluding hydrogens is 314 g/mol. The molecule has 4 heteroatoms. The molecule has 2 unspecified atom stereocenters. The van der Waals surface area contributed by atoms with Crippen molar-refractivity contribution in [3.63, 3.8) is 0 Å². The van der Waals surface area contributed by atoms with Crippen molar-refractivity contribution >= 4 is 21.7 Å². The minimum absolute atomic E-state index is 0.371. The quantitative estimate of drug-likeness (QED) is 0.883. The second-order valence-electron chi connectivity index (χ2n) is 5.60. The van der Waals surface area contributed by atoms with Crippen LogP contribution in [-0.2, 0) is 0 Å². The maximum absolute atomic E-state index is 6.23. The van der Waals surface area contributed by atoms with Gasteiger partial charge in [0.15, 0.2) is 0 Å². The first-order valence-electron chi connectivity index (χ1n) is 7.23. The van der Waals surface area contributed by atoms with Gasteiger partial charge in [-0.15, -0.1) is 0 Å². The van der Waals surface area contributed by atoms with E-state index in [2.05, 4.69) is 51.4 Å². The number of nitrogens with two attached hydrogens (primary N) is 1. The maximum Gasteiger partial charge on any atom is 0.136 e. The Morgan fingerprint density at radius 2 is 1.90 bits per heavy atom. The summed E-state index contributed by atoms with van der Waals surface area (Å²) < 4.78 is 2.98. The van der Waals surface area contributed by atoms with Crippen LogP contribution in [0.1, 0.15) is 48.9 Å². The molecule has 2 atom stereocenters. The fourth-order valence-corrected chi connectivity index (χ4v) is 3.55. The van der Waals surface area contributed by atoms with Gasteiger partial charge in [0.2, 0.25) is 0 Å². The molecule has 3 rings (SSSR count). The molecule has 1 saturated carbocycles. The molecule has 1 aliphatic carbocycles. The largest absolute Gasteiger partial charge is 0.383 e. The van der Waals surface area contributed by atoms with Gasteiger partial charge in [0.05, 0.1) is 16.2 Å². The van der Waals surface area contributed by atoms with Gasteiger partial charge in [0.25, 0.3) is 0 Å². The van der Waals surface area contributed by atoms with Gasteiger partial charge >= 0.3 is 0 Å². The van der Waals surface area contributed by atoms with Gasteiger partial charge in [-0.2, -0.15) is 5.10 Å². The Kier molecular flexibility index (Phi) is 3.83. The third kappa shape index (κ3) is 2.37. The topological polar surface area (TPSA) is 43.8 Å². The zero-order chi connectivity index (χ0) is 14.1. The van der Waals surface area contributed by atoms with Crippen molar-refractivity contribution in [1.29, 1.82) is 0 Å². The Morgan fingerprint density at radius 3 is 2.55 bits per heavy atom. The van der Waals surface area contributed by atoms with Gasteiger partial charge in [-0.25, -0.2) is 4.68 Å². The fraction of sp³-hybridized carbons (Fsp3) is 0.438. The fourth-order valence-electron chi connectivity index (χ4n) is 3.29. The summed E-state index contributed by atoms with van der Waals surface area (Å²) in [5, 5.41) is 4.65. The number of anilines is 1. The summed E-state index contributed by atoms with van der Waals surface area (Å²) in [6.45, 7) is 2.00. The lowest BCUT2D eigenvalue weighted by Gasteiger charge is -2.32. The molecule has 2 aromatic rings. The van der Waals surface area contributed by atoms with E-state index >= 15 is 0 Å². The van der Waals surface area contributed by atoms with E-state index in [1.54, 1.807) is 0 Å². The molecule has 1 aromatic carbocycles. The molecule has 2 N–H and O–H groups in total. The lowest BCUT2D eigenvalue weighted by molar-refractivity contribution is 0.288. The molecule has 106 valence electrons. The number of aryl methyl sites for hydroxylation is 1. The van der Waals surface area contributed by atoms with E-state index < -0.39 is 0 Å². The molecule has 0 spiro atoms. The number of nitrogens with zero attached hydrogens (tertiary/aromatic N) is 2. The molecule has 1 aromatic heterocycles. The maximum atomic E-state index is 6.23. The molecule has 3 nitrogen and oxygen atoms in total. The minimum atomic E-state index is 0.371. The van der Waals surface area contributed by atoms with Crippen molar-refractivity contribution < 1.29 is 0 Å². The number of benzene rings is 1. The molecule has 0 aliphatic heterocycles. The third-order valence-corrected chi connectivity index (χ3v) is 5.30. The highest BCUT2D eigenvalue weighted by Gasteiger charge is 2.30. The van der Waals surface area contributed by atoms with Gasteiger partial charge in [-0.1, -0.05) is 43.2 Å². The van der Waals surface area contributed by atoms with E-state index in [4.69, 9.17) is 5.73 Å². The number of hydrogen-bond acceptors (Lipinski definition) is 2. The highest BCUT2D eigenvalue weighted by atomic mass is 79.9. The van der Waals surface area contributed by atoms with Gasteiger partial charge in [-0.05, 0) is 41.3 Å². The summed E-state index contributed by atoms with van der Waals surface area (Å²) in [5.41, 5.74) is 8.60. The second-order valence-corrected chi connectivity index (χ2v) is 6.39. The number of hydrogen-bond donors (Lipinski definition) is 1. The Bertz CT molecular complexity index is 591. The van der Waals surface area contributed by atoms with Crippen LogP contribution in [0.5, 0.6) is 0 Å². The SMILES string of the molecule is Cc1nn(C2CCCCC2c2ccccc2)c(N)c1Br. The second kappa shape index (κ2) is 5.60. The number of rotatable bonds is 2. The van der Waals surface area contributed by atoms with Crippen LogP contribution in [0.25, 0.3) is 0 Å². The molecule has 0 bridgehead atoms. The number of nitrogen functional groups attached to an aromatic ring is 1. The van der Waals surface area contributed by atoms with Crippen molar-refractivity contribution in [3.05, 3.63) is 46.1 Å². The molecular formula is C16H20BrN3. The minimum Gasteiger partial charge on any atom is -0.383 e. The number of aromatic nitrogens is 2. The lowest BCUT2D eigenvalue weighted by Crippen LogP contribution is -2.24. The van der Waals surface area contributed by atoms with Gasteiger partial charge in [0, 0.05) is 5.92 Å². The predicted molar refractivity (Wildman–Crippen MR) is 85.8 cm³/mol. The Hall–Kier alpha value is -1.29. The summed E-state index contributed by atoms with van der Waals surface area (Å²) in [5.74, 6) is 1.27. The lowest BCUT2D eigenvalue weighted by atomic mass is 9.80. The highest BCUT2D eigenvalue weighted by Crippen LogP contribution is 2.42. The van der Waals surface area contributed by atoms with Crippen molar-refractivity contribution in [3.8, 4) is 0 Å². The van der Waals surface area contributed by atoms with Crippen LogP contribution in [0.2, 0.25) is 0 Å². The van der Waals surface area contributed by atoms with Gasteiger partial charge in [-0.3, -0.25) is 0 Å². The molecule has 0 amide bonds. The first-order valence-corrected chi connectivity index (χ1v) is 8.03. The van der Waals surface area contributed by atoms with Crippen molar-refractivity contribution in [1.82, 2.24) is 9.78 Å². The van der Waals surface area contributed by atoms with Gasteiger partial charge < -0.3 is 5.73 Å². The van der Waals surface area contributed by atoms with Crippen molar-refractivity contribution in [2.24, 2.45) is 0 Å². The van der Waals surface area contributed by atoms with Crippen LogP contribution in [0.3, 0.4) is 0 Å². The van der Waals surface area contributed by atoms with E-state index in [1.165, 1.54) is 24.8 Å². The molecule has 1 fully saturated rings. The van der Waals surface area contributed by atoms with E-state index in [9.17, 15) is 0 Å².